The van der Waals surface area contributed by atoms with Gasteiger partial charge in [-0.1, -0.05) is 34.3 Å². The Hall–Kier alpha value is -1.90. The molecule has 45 heavy (non-hydrogen) atoms. The third-order valence-electron chi connectivity index (χ3n) is 10.0. The summed E-state index contributed by atoms with van der Waals surface area (Å²) in [6.07, 6.45) is -9.26. The van der Waals surface area contributed by atoms with Gasteiger partial charge in [-0.15, -0.1) is 0 Å². The van der Waals surface area contributed by atoms with Gasteiger partial charge < -0.3 is 29.2 Å². The highest BCUT2D eigenvalue weighted by atomic mass is 19.4. The van der Waals surface area contributed by atoms with E-state index in [0.717, 1.165) is 0 Å². The van der Waals surface area contributed by atoms with Crippen LogP contribution in [0.5, 0.6) is 0 Å². The molecule has 0 saturated heterocycles. The molecule has 2 fully saturated rings. The molecule has 7 unspecified atom stereocenters. The Kier molecular flexibility index (Phi) is 12.3. The number of carbonyl (C=O) groups is 2. The molecule has 14 heteroatoms. The molecule has 2 bridgehead atoms. The summed E-state index contributed by atoms with van der Waals surface area (Å²) in [7, 11) is 0. The number of fused-ring (bicyclic) bond motifs is 2. The van der Waals surface area contributed by atoms with Crippen molar-refractivity contribution in [2.24, 2.45) is 23.7 Å². The minimum Gasteiger partial charge on any atom is -0.460 e. The van der Waals surface area contributed by atoms with Gasteiger partial charge in [0.2, 0.25) is 0 Å². The lowest BCUT2D eigenvalue weighted by atomic mass is 9.60. The molecule has 0 spiro atoms. The van der Waals surface area contributed by atoms with E-state index >= 15 is 0 Å². The summed E-state index contributed by atoms with van der Waals surface area (Å²) in [6, 6.07) is 0. The van der Waals surface area contributed by atoms with Crippen LogP contribution >= 0.6 is 0 Å². The lowest BCUT2D eigenvalue weighted by Crippen LogP contribution is -2.59. The Balaban J connectivity index is 2.56. The summed E-state index contributed by atoms with van der Waals surface area (Å²) in [6.45, 7) is 10.1. The Labute approximate surface area is 260 Å². The zero-order chi connectivity index (χ0) is 34.8. The highest BCUT2D eigenvalue weighted by molar-refractivity contribution is 5.88. The number of esters is 2. The summed E-state index contributed by atoms with van der Waals surface area (Å²) in [5.74, 6) is -3.67. The van der Waals surface area contributed by atoms with Crippen LogP contribution in [0.4, 0.5) is 26.3 Å². The molecule has 0 heterocycles. The van der Waals surface area contributed by atoms with Gasteiger partial charge in [0.15, 0.2) is 17.8 Å². The zero-order valence-corrected chi connectivity index (χ0v) is 27.1. The van der Waals surface area contributed by atoms with Crippen molar-refractivity contribution in [3.8, 4) is 0 Å². The molecule has 2 aliphatic rings. The van der Waals surface area contributed by atoms with E-state index in [1.807, 2.05) is 0 Å². The smallest absolute Gasteiger partial charge is 0.419 e. The topological polar surface area (TPSA) is 112 Å². The second-order valence-corrected chi connectivity index (χ2v) is 13.0. The van der Waals surface area contributed by atoms with Gasteiger partial charge in [0.25, 0.3) is 0 Å². The number of rotatable bonds is 16. The molecule has 2 saturated carbocycles. The van der Waals surface area contributed by atoms with Crippen molar-refractivity contribution < 1.29 is 65.1 Å². The molecule has 7 atom stereocenters. The molecule has 0 aromatic heterocycles. The molecule has 0 aromatic rings. The molecular formula is C31H48F6O8. The minimum atomic E-state index is -5.00. The Bertz CT molecular complexity index is 1050. The first-order valence-electron chi connectivity index (χ1n) is 15.4. The highest BCUT2D eigenvalue weighted by Crippen LogP contribution is 2.63. The second kappa shape index (κ2) is 14.1. The number of carbonyl (C=O) groups excluding carboxylic acids is 2. The normalized spacial score (nSPS) is 26.7. The van der Waals surface area contributed by atoms with Crippen LogP contribution in [0.3, 0.4) is 0 Å². The predicted molar refractivity (Wildman–Crippen MR) is 151 cm³/mol. The maximum absolute atomic E-state index is 13.6. The van der Waals surface area contributed by atoms with Crippen molar-refractivity contribution in [1.29, 1.82) is 0 Å². The molecule has 2 N–H and O–H groups in total. The van der Waals surface area contributed by atoms with E-state index in [9.17, 15) is 46.1 Å². The zero-order valence-electron chi connectivity index (χ0n) is 27.1. The second-order valence-electron chi connectivity index (χ2n) is 13.0. The van der Waals surface area contributed by atoms with Crippen LogP contribution in [0.15, 0.2) is 12.2 Å². The van der Waals surface area contributed by atoms with E-state index < -0.39 is 90.4 Å². The van der Waals surface area contributed by atoms with Crippen molar-refractivity contribution in [3.05, 3.63) is 12.2 Å². The van der Waals surface area contributed by atoms with Gasteiger partial charge in [-0.25, -0.2) is 9.59 Å². The van der Waals surface area contributed by atoms with Gasteiger partial charge in [0.05, 0.1) is 24.4 Å². The number of halogens is 6. The van der Waals surface area contributed by atoms with Crippen molar-refractivity contribution in [2.45, 2.75) is 128 Å². The first kappa shape index (κ1) is 39.3. The third-order valence-corrected chi connectivity index (χ3v) is 10.0. The molecule has 2 aliphatic carbocycles. The summed E-state index contributed by atoms with van der Waals surface area (Å²) in [5.41, 5.74) is -8.86. The number of aliphatic hydroxyl groups is 2. The van der Waals surface area contributed by atoms with Crippen LogP contribution in [-0.2, 0) is 28.5 Å². The average molecular weight is 663 g/mol. The highest BCUT2D eigenvalue weighted by Gasteiger charge is 2.66. The van der Waals surface area contributed by atoms with Crippen LogP contribution in [0.2, 0.25) is 0 Å². The maximum Gasteiger partial charge on any atom is 0.419 e. The van der Waals surface area contributed by atoms with E-state index in [1.165, 1.54) is 6.92 Å². The first-order chi connectivity index (χ1) is 20.5. The molecule has 2 rings (SSSR count). The van der Waals surface area contributed by atoms with E-state index in [0.29, 0.717) is 20.3 Å². The van der Waals surface area contributed by atoms with Gasteiger partial charge in [0, 0.05) is 17.4 Å². The number of hydrogen-bond acceptors (Lipinski definition) is 8. The fraction of sp³-hybridized carbons (Fsp3) is 0.871. The van der Waals surface area contributed by atoms with Gasteiger partial charge >= 0.3 is 24.3 Å². The molecule has 262 valence electrons. The summed E-state index contributed by atoms with van der Waals surface area (Å²) < 4.78 is 104. The predicted octanol–water partition coefficient (Wildman–Crippen LogP) is 6.07. The Morgan fingerprint density at radius 2 is 1.20 bits per heavy atom. The first-order valence-corrected chi connectivity index (χ1v) is 15.4. The van der Waals surface area contributed by atoms with Crippen LogP contribution in [0.25, 0.3) is 0 Å². The largest absolute Gasteiger partial charge is 0.460 e. The van der Waals surface area contributed by atoms with Crippen LogP contribution in [0, 0.1) is 23.7 Å². The molecule has 0 radical (unpaired) electrons. The van der Waals surface area contributed by atoms with Gasteiger partial charge in [-0.3, -0.25) is 0 Å². The summed E-state index contributed by atoms with van der Waals surface area (Å²) in [5, 5.41) is 20.4. The SMILES string of the molecule is C=C(C)C(=O)OCC(=O)OC1CC2CC1C(C(CC)(CC)OCC(C)(O)C(F)(F)F)C2C(CC)(CC)OCC(C)(O)C(F)(F)F. The maximum atomic E-state index is 13.6. The number of ether oxygens (including phenoxy) is 4. The monoisotopic (exact) mass is 662 g/mol. The third kappa shape index (κ3) is 8.16. The Morgan fingerprint density at radius 1 is 0.778 bits per heavy atom. The van der Waals surface area contributed by atoms with Crippen molar-refractivity contribution in [1.82, 2.24) is 0 Å². The van der Waals surface area contributed by atoms with Crippen molar-refractivity contribution in [3.63, 3.8) is 0 Å². The average Bonchev–Trinajstić information content (AvgIpc) is 3.51. The van der Waals surface area contributed by atoms with E-state index in [2.05, 4.69) is 6.58 Å². The van der Waals surface area contributed by atoms with Gasteiger partial charge in [-0.2, -0.15) is 26.3 Å². The van der Waals surface area contributed by atoms with E-state index in [1.54, 1.807) is 27.7 Å². The summed E-state index contributed by atoms with van der Waals surface area (Å²) in [4.78, 5) is 24.4. The van der Waals surface area contributed by atoms with E-state index in [4.69, 9.17) is 18.9 Å². The Morgan fingerprint density at radius 3 is 1.58 bits per heavy atom. The van der Waals surface area contributed by atoms with Crippen LogP contribution in [-0.4, -0.2) is 82.8 Å². The van der Waals surface area contributed by atoms with Gasteiger partial charge in [0.1, 0.15) is 6.10 Å². The standard InChI is InChI=1S/C31H48F6O8/c1-9-28(10-2,43-16-26(7,40)30(32,33)34)23-19-13-20(21(14-19)45-22(38)15-42-25(39)18(5)6)24(23)29(11-3,12-4)44-17-27(8,41)31(35,36)37/h19-21,23-24,40-41H,5,9-17H2,1-4,6-8H3. The summed E-state index contributed by atoms with van der Waals surface area (Å²) >= 11 is 0. The van der Waals surface area contributed by atoms with Crippen molar-refractivity contribution in [2.75, 3.05) is 19.8 Å². The fourth-order valence-electron chi connectivity index (χ4n) is 7.14. The molecule has 0 amide bonds. The van der Waals surface area contributed by atoms with Crippen LogP contribution < -0.4 is 0 Å². The molecule has 0 aromatic carbocycles. The van der Waals surface area contributed by atoms with Gasteiger partial charge in [-0.05, 0) is 71.1 Å². The lowest BCUT2D eigenvalue weighted by Gasteiger charge is -2.54. The quantitative estimate of drug-likeness (QED) is 0.117. The lowest BCUT2D eigenvalue weighted by molar-refractivity contribution is -0.294. The number of alkyl halides is 6. The van der Waals surface area contributed by atoms with E-state index in [-0.39, 0.29) is 43.6 Å². The molecule has 0 aliphatic heterocycles. The minimum absolute atomic E-state index is 0.0770. The fourth-order valence-corrected chi connectivity index (χ4v) is 7.14. The van der Waals surface area contributed by atoms with Crippen molar-refractivity contribution >= 4 is 11.9 Å². The molecular weight excluding hydrogens is 614 g/mol. The number of hydrogen-bond donors (Lipinski definition) is 2. The van der Waals surface area contributed by atoms with Crippen LogP contribution in [0.1, 0.15) is 87.0 Å². The molecule has 8 nitrogen and oxygen atoms in total.